The van der Waals surface area contributed by atoms with Gasteiger partial charge in [-0.05, 0) is 32.4 Å². The summed E-state index contributed by atoms with van der Waals surface area (Å²) < 4.78 is 0. The van der Waals surface area contributed by atoms with Crippen LogP contribution in [0.25, 0.3) is 0 Å². The molecule has 1 aromatic carbocycles. The van der Waals surface area contributed by atoms with E-state index in [9.17, 15) is 0 Å². The van der Waals surface area contributed by atoms with E-state index in [1.54, 1.807) is 6.92 Å². The standard InChI is InChI=1S/C14H14N4/c1-9-4-5-13(10(2)6-9)18-14-12(7-15)8-16-11(3)17-14/h4-6,8H,1-3H3,(H,16,17,18). The van der Waals surface area contributed by atoms with E-state index in [0.29, 0.717) is 17.2 Å². The largest absolute Gasteiger partial charge is 0.339 e. The number of nitrogens with one attached hydrogen (secondary N) is 1. The van der Waals surface area contributed by atoms with Crippen LogP contribution in [0.3, 0.4) is 0 Å². The quantitative estimate of drug-likeness (QED) is 0.873. The molecule has 0 aliphatic carbocycles. The molecule has 0 bridgehead atoms. The third kappa shape index (κ3) is 2.46. The molecule has 1 heterocycles. The van der Waals surface area contributed by atoms with E-state index in [0.717, 1.165) is 11.3 Å². The Kier molecular flexibility index (Phi) is 3.24. The second-order valence-corrected chi connectivity index (χ2v) is 4.23. The fraction of sp³-hybridized carbons (Fsp3) is 0.214. The highest BCUT2D eigenvalue weighted by atomic mass is 15.0. The maximum absolute atomic E-state index is 9.03. The van der Waals surface area contributed by atoms with Crippen LogP contribution in [0.5, 0.6) is 0 Å². The highest BCUT2D eigenvalue weighted by Gasteiger charge is 2.07. The first-order valence-corrected chi connectivity index (χ1v) is 5.68. The van der Waals surface area contributed by atoms with E-state index in [2.05, 4.69) is 27.4 Å². The molecule has 0 amide bonds. The lowest BCUT2D eigenvalue weighted by molar-refractivity contribution is 1.05. The summed E-state index contributed by atoms with van der Waals surface area (Å²) in [6, 6.07) is 8.18. The van der Waals surface area contributed by atoms with Crippen LogP contribution in [0.15, 0.2) is 24.4 Å². The molecule has 0 aliphatic rings. The molecule has 0 fully saturated rings. The average Bonchev–Trinajstić information content (AvgIpc) is 2.33. The predicted octanol–water partition coefficient (Wildman–Crippen LogP) is 3.02. The Balaban J connectivity index is 2.40. The van der Waals surface area contributed by atoms with Crippen molar-refractivity contribution in [2.75, 3.05) is 5.32 Å². The van der Waals surface area contributed by atoms with E-state index in [1.807, 2.05) is 26.0 Å². The van der Waals surface area contributed by atoms with Gasteiger partial charge in [-0.25, -0.2) is 9.97 Å². The number of hydrogen-bond donors (Lipinski definition) is 1. The minimum atomic E-state index is 0.445. The molecular weight excluding hydrogens is 224 g/mol. The van der Waals surface area contributed by atoms with Gasteiger partial charge >= 0.3 is 0 Å². The molecule has 2 aromatic rings. The maximum atomic E-state index is 9.03. The van der Waals surface area contributed by atoms with Crippen LogP contribution in [-0.2, 0) is 0 Å². The molecule has 18 heavy (non-hydrogen) atoms. The molecular formula is C14H14N4. The van der Waals surface area contributed by atoms with Crippen LogP contribution in [0.2, 0.25) is 0 Å². The number of aromatic nitrogens is 2. The van der Waals surface area contributed by atoms with Crippen molar-refractivity contribution >= 4 is 11.5 Å². The number of aryl methyl sites for hydroxylation is 3. The third-order valence-corrected chi connectivity index (χ3v) is 2.66. The summed E-state index contributed by atoms with van der Waals surface area (Å²) in [6.07, 6.45) is 1.54. The molecule has 0 unspecified atom stereocenters. The van der Waals surface area contributed by atoms with Gasteiger partial charge in [0.15, 0.2) is 5.82 Å². The van der Waals surface area contributed by atoms with Crippen molar-refractivity contribution in [3.63, 3.8) is 0 Å². The van der Waals surface area contributed by atoms with Crippen molar-refractivity contribution in [3.05, 3.63) is 46.9 Å². The zero-order valence-corrected chi connectivity index (χ0v) is 10.7. The Morgan fingerprint density at radius 3 is 2.67 bits per heavy atom. The van der Waals surface area contributed by atoms with Gasteiger partial charge in [0.25, 0.3) is 0 Å². The SMILES string of the molecule is Cc1ccc(Nc2nc(C)ncc2C#N)c(C)c1. The van der Waals surface area contributed by atoms with Gasteiger partial charge in [0.2, 0.25) is 0 Å². The molecule has 0 spiro atoms. The van der Waals surface area contributed by atoms with E-state index < -0.39 is 0 Å². The van der Waals surface area contributed by atoms with E-state index >= 15 is 0 Å². The summed E-state index contributed by atoms with van der Waals surface area (Å²) in [5.74, 6) is 1.19. The van der Waals surface area contributed by atoms with E-state index in [4.69, 9.17) is 5.26 Å². The lowest BCUT2D eigenvalue weighted by Gasteiger charge is -2.10. The van der Waals surface area contributed by atoms with Crippen molar-refractivity contribution < 1.29 is 0 Å². The summed E-state index contributed by atoms with van der Waals surface area (Å²) in [5.41, 5.74) is 3.73. The van der Waals surface area contributed by atoms with Gasteiger partial charge in [0.1, 0.15) is 17.5 Å². The smallest absolute Gasteiger partial charge is 0.152 e. The number of hydrogen-bond acceptors (Lipinski definition) is 4. The number of rotatable bonds is 2. The molecule has 1 N–H and O–H groups in total. The second kappa shape index (κ2) is 4.84. The Labute approximate surface area is 106 Å². The van der Waals surface area contributed by atoms with Gasteiger partial charge in [-0.15, -0.1) is 0 Å². The molecule has 4 nitrogen and oxygen atoms in total. The second-order valence-electron chi connectivity index (χ2n) is 4.23. The van der Waals surface area contributed by atoms with Crippen LogP contribution in [0.4, 0.5) is 11.5 Å². The lowest BCUT2D eigenvalue weighted by atomic mass is 10.1. The molecule has 0 radical (unpaired) electrons. The van der Waals surface area contributed by atoms with Crippen molar-refractivity contribution in [1.29, 1.82) is 5.26 Å². The molecule has 0 aliphatic heterocycles. The minimum absolute atomic E-state index is 0.445. The molecule has 0 saturated heterocycles. The van der Waals surface area contributed by atoms with Gasteiger partial charge in [0.05, 0.1) is 6.20 Å². The van der Waals surface area contributed by atoms with Crippen LogP contribution in [0, 0.1) is 32.1 Å². The highest BCUT2D eigenvalue weighted by molar-refractivity contribution is 5.65. The van der Waals surface area contributed by atoms with Crippen molar-refractivity contribution in [2.45, 2.75) is 20.8 Å². The van der Waals surface area contributed by atoms with Crippen LogP contribution in [0.1, 0.15) is 22.5 Å². The Hall–Kier alpha value is -2.41. The topological polar surface area (TPSA) is 61.6 Å². The van der Waals surface area contributed by atoms with Gasteiger partial charge in [-0.2, -0.15) is 5.26 Å². The number of benzene rings is 1. The number of nitrogens with zero attached hydrogens (tertiary/aromatic N) is 3. The zero-order chi connectivity index (χ0) is 13.1. The van der Waals surface area contributed by atoms with Crippen molar-refractivity contribution in [3.8, 4) is 6.07 Å². The van der Waals surface area contributed by atoms with Crippen molar-refractivity contribution in [1.82, 2.24) is 9.97 Å². The van der Waals surface area contributed by atoms with Crippen LogP contribution in [-0.4, -0.2) is 9.97 Å². The maximum Gasteiger partial charge on any atom is 0.152 e. The number of anilines is 2. The Bertz CT molecular complexity index is 626. The summed E-state index contributed by atoms with van der Waals surface area (Å²) in [5, 5.41) is 12.2. The molecule has 90 valence electrons. The van der Waals surface area contributed by atoms with Gasteiger partial charge in [-0.3, -0.25) is 0 Å². The molecule has 0 saturated carbocycles. The summed E-state index contributed by atoms with van der Waals surface area (Å²) in [7, 11) is 0. The normalized spacial score (nSPS) is 9.89. The minimum Gasteiger partial charge on any atom is -0.339 e. The lowest BCUT2D eigenvalue weighted by Crippen LogP contribution is -2.01. The molecule has 2 rings (SSSR count). The number of nitriles is 1. The molecule has 0 atom stereocenters. The predicted molar refractivity (Wildman–Crippen MR) is 70.7 cm³/mol. The molecule has 4 heteroatoms. The van der Waals surface area contributed by atoms with Gasteiger partial charge in [0, 0.05) is 5.69 Å². The summed E-state index contributed by atoms with van der Waals surface area (Å²) in [4.78, 5) is 8.27. The summed E-state index contributed by atoms with van der Waals surface area (Å²) in [6.45, 7) is 5.87. The third-order valence-electron chi connectivity index (χ3n) is 2.66. The fourth-order valence-corrected chi connectivity index (χ4v) is 1.73. The fourth-order valence-electron chi connectivity index (χ4n) is 1.73. The van der Waals surface area contributed by atoms with Crippen molar-refractivity contribution in [2.24, 2.45) is 0 Å². The van der Waals surface area contributed by atoms with Gasteiger partial charge < -0.3 is 5.32 Å². The Morgan fingerprint density at radius 2 is 2.00 bits per heavy atom. The highest BCUT2D eigenvalue weighted by Crippen LogP contribution is 2.22. The van der Waals surface area contributed by atoms with Crippen LogP contribution < -0.4 is 5.32 Å². The monoisotopic (exact) mass is 238 g/mol. The van der Waals surface area contributed by atoms with Crippen LogP contribution >= 0.6 is 0 Å². The van der Waals surface area contributed by atoms with E-state index in [1.165, 1.54) is 11.8 Å². The zero-order valence-electron chi connectivity index (χ0n) is 10.7. The Morgan fingerprint density at radius 1 is 1.22 bits per heavy atom. The first kappa shape index (κ1) is 12.1. The summed E-state index contributed by atoms with van der Waals surface area (Å²) >= 11 is 0. The van der Waals surface area contributed by atoms with E-state index in [-0.39, 0.29) is 0 Å². The average molecular weight is 238 g/mol. The first-order chi connectivity index (χ1) is 8.60. The van der Waals surface area contributed by atoms with Gasteiger partial charge in [-0.1, -0.05) is 17.7 Å². The first-order valence-electron chi connectivity index (χ1n) is 5.68. The molecule has 1 aromatic heterocycles.